The Kier molecular flexibility index (Phi) is 10.4. The molecule has 2 N–H and O–H groups in total. The molecule has 1 unspecified atom stereocenters. The van der Waals surface area contributed by atoms with E-state index in [4.69, 9.17) is 9.84 Å². The van der Waals surface area contributed by atoms with E-state index in [9.17, 15) is 27.9 Å². The van der Waals surface area contributed by atoms with Gasteiger partial charge in [-0.25, -0.2) is 24.5 Å². The Labute approximate surface area is 264 Å². The van der Waals surface area contributed by atoms with Crippen molar-refractivity contribution in [2.24, 2.45) is 0 Å². The van der Waals surface area contributed by atoms with Gasteiger partial charge < -0.3 is 24.7 Å². The Balaban J connectivity index is 0.000000232. The van der Waals surface area contributed by atoms with Crippen molar-refractivity contribution in [1.82, 2.24) is 29.7 Å². The number of pyridine rings is 1. The Bertz CT molecular complexity index is 1430. The highest BCUT2D eigenvalue weighted by Gasteiger charge is 2.35. The van der Waals surface area contributed by atoms with Gasteiger partial charge >= 0.3 is 18.4 Å². The number of piperazine rings is 2. The highest BCUT2D eigenvalue weighted by Crippen LogP contribution is 2.33. The quantitative estimate of drug-likeness (QED) is 0.370. The van der Waals surface area contributed by atoms with Crippen LogP contribution < -0.4 is 9.64 Å². The summed E-state index contributed by atoms with van der Waals surface area (Å²) in [5.74, 6) is 1.14. The molecule has 2 aromatic heterocycles. The van der Waals surface area contributed by atoms with Crippen molar-refractivity contribution in [3.8, 4) is 11.6 Å². The van der Waals surface area contributed by atoms with Crippen LogP contribution in [0.2, 0.25) is 0 Å². The maximum atomic E-state index is 12.7. The molecule has 15 heteroatoms. The van der Waals surface area contributed by atoms with Crippen LogP contribution >= 0.6 is 0 Å². The molecule has 0 bridgehead atoms. The van der Waals surface area contributed by atoms with Gasteiger partial charge in [0.25, 0.3) is 0 Å². The van der Waals surface area contributed by atoms with Crippen LogP contribution in [0.4, 0.5) is 28.7 Å². The molecule has 4 heterocycles. The molecule has 3 aliphatic rings. The number of rotatable bonds is 5. The summed E-state index contributed by atoms with van der Waals surface area (Å²) < 4.78 is 43.5. The molecule has 12 nitrogen and oxygen atoms in total. The topological polar surface area (TPSA) is 135 Å². The summed E-state index contributed by atoms with van der Waals surface area (Å²) in [6.45, 7) is 4.17. The van der Waals surface area contributed by atoms with Gasteiger partial charge in [0.2, 0.25) is 11.8 Å². The molecule has 3 aromatic rings. The van der Waals surface area contributed by atoms with Crippen molar-refractivity contribution in [2.45, 2.75) is 43.9 Å². The van der Waals surface area contributed by atoms with E-state index in [1.807, 2.05) is 4.90 Å². The second kappa shape index (κ2) is 14.6. The number of anilines is 1. The molecule has 2 amide bonds. The number of aromatic nitrogens is 3. The Morgan fingerprint density at radius 1 is 0.826 bits per heavy atom. The number of amides is 2. The first-order valence-corrected chi connectivity index (χ1v) is 15.1. The monoisotopic (exact) mass is 643 g/mol. The Morgan fingerprint density at radius 3 is 2.07 bits per heavy atom. The fourth-order valence-electron chi connectivity index (χ4n) is 5.96. The second-order valence-electron chi connectivity index (χ2n) is 11.3. The van der Waals surface area contributed by atoms with Crippen molar-refractivity contribution in [3.05, 3.63) is 72.2 Å². The van der Waals surface area contributed by atoms with E-state index in [0.717, 1.165) is 37.2 Å². The van der Waals surface area contributed by atoms with Crippen molar-refractivity contribution in [2.75, 3.05) is 50.7 Å². The van der Waals surface area contributed by atoms with E-state index in [1.54, 1.807) is 42.7 Å². The standard InChI is InChI=1S/C22H24F3N3O3.C9H12N4O2/c23-22(24,25)16-7-10-20(26-13-16)31-18-8-5-15(6-9-18)19-14-27(17-3-1-2-4-17)11-12-28(19)21(29)30;14-9(15)13-6-4-12(5-7-13)8-10-2-1-3-11-8/h5-10,13,17,19H,1-4,11-12,14H2,(H,29,30);1-3H,4-7H2,(H,14,15). The van der Waals surface area contributed by atoms with Gasteiger partial charge in [-0.05, 0) is 42.7 Å². The minimum Gasteiger partial charge on any atom is -0.465 e. The van der Waals surface area contributed by atoms with Gasteiger partial charge in [-0.2, -0.15) is 13.2 Å². The average Bonchev–Trinajstić information content (AvgIpc) is 3.61. The third-order valence-electron chi connectivity index (χ3n) is 8.43. The molecule has 1 aromatic carbocycles. The summed E-state index contributed by atoms with van der Waals surface area (Å²) in [5.41, 5.74) is 0.0194. The molecule has 0 radical (unpaired) electrons. The zero-order valence-corrected chi connectivity index (χ0v) is 25.1. The van der Waals surface area contributed by atoms with E-state index < -0.39 is 23.9 Å². The van der Waals surface area contributed by atoms with Gasteiger partial charge in [-0.15, -0.1) is 0 Å². The van der Waals surface area contributed by atoms with Crippen LogP contribution in [0.15, 0.2) is 61.1 Å². The van der Waals surface area contributed by atoms with Crippen LogP contribution in [0, 0.1) is 0 Å². The molecule has 0 spiro atoms. The lowest BCUT2D eigenvalue weighted by molar-refractivity contribution is -0.137. The molecule has 3 fully saturated rings. The summed E-state index contributed by atoms with van der Waals surface area (Å²) >= 11 is 0. The van der Waals surface area contributed by atoms with Crippen molar-refractivity contribution in [1.29, 1.82) is 0 Å². The summed E-state index contributed by atoms with van der Waals surface area (Å²) in [6, 6.07) is 11.1. The van der Waals surface area contributed by atoms with E-state index in [-0.39, 0.29) is 11.9 Å². The lowest BCUT2D eigenvalue weighted by atomic mass is 10.0. The summed E-state index contributed by atoms with van der Waals surface area (Å²) in [4.78, 5) is 41.6. The van der Waals surface area contributed by atoms with Gasteiger partial charge in [0.15, 0.2) is 0 Å². The third kappa shape index (κ3) is 8.33. The minimum absolute atomic E-state index is 0.0537. The SMILES string of the molecule is O=C(O)N1CCN(C2CCCC2)CC1c1ccc(Oc2ccc(C(F)(F)F)cn2)cc1.O=C(O)N1CCN(c2ncccn2)CC1. The summed E-state index contributed by atoms with van der Waals surface area (Å²) in [5, 5.41) is 18.4. The van der Waals surface area contributed by atoms with Gasteiger partial charge in [-0.1, -0.05) is 25.0 Å². The second-order valence-corrected chi connectivity index (χ2v) is 11.3. The zero-order chi connectivity index (χ0) is 32.7. The van der Waals surface area contributed by atoms with Gasteiger partial charge in [0, 0.05) is 76.5 Å². The molecule has 6 rings (SSSR count). The summed E-state index contributed by atoms with van der Waals surface area (Å²) in [7, 11) is 0. The molecule has 246 valence electrons. The van der Waals surface area contributed by atoms with E-state index in [0.29, 0.717) is 57.0 Å². The molecule has 2 aliphatic heterocycles. The number of alkyl halides is 3. The molecule has 1 saturated carbocycles. The molecular formula is C31H36F3N7O5. The van der Waals surface area contributed by atoms with E-state index in [2.05, 4.69) is 19.9 Å². The first kappa shape index (κ1) is 32.7. The van der Waals surface area contributed by atoms with Crippen LogP contribution in [0.25, 0.3) is 0 Å². The van der Waals surface area contributed by atoms with Crippen molar-refractivity contribution < 1.29 is 37.7 Å². The average molecular weight is 644 g/mol. The fraction of sp³-hybridized carbons (Fsp3) is 0.452. The van der Waals surface area contributed by atoms with Crippen LogP contribution in [0.3, 0.4) is 0 Å². The number of benzene rings is 1. The highest BCUT2D eigenvalue weighted by atomic mass is 19.4. The van der Waals surface area contributed by atoms with Crippen LogP contribution in [-0.4, -0.2) is 104 Å². The number of hydrogen-bond acceptors (Lipinski definition) is 8. The lowest BCUT2D eigenvalue weighted by Gasteiger charge is -2.42. The smallest absolute Gasteiger partial charge is 0.417 e. The largest absolute Gasteiger partial charge is 0.465 e. The minimum atomic E-state index is -4.45. The lowest BCUT2D eigenvalue weighted by Crippen LogP contribution is -2.52. The maximum absolute atomic E-state index is 12.7. The number of carboxylic acid groups (broad SMARTS) is 2. The Morgan fingerprint density at radius 2 is 1.50 bits per heavy atom. The summed E-state index contributed by atoms with van der Waals surface area (Å²) in [6.07, 6.45) is 2.62. The van der Waals surface area contributed by atoms with E-state index in [1.165, 1.54) is 28.7 Å². The normalized spacial score (nSPS) is 19.4. The van der Waals surface area contributed by atoms with Crippen molar-refractivity contribution in [3.63, 3.8) is 0 Å². The van der Waals surface area contributed by atoms with Crippen LogP contribution in [0.1, 0.15) is 42.9 Å². The van der Waals surface area contributed by atoms with Crippen LogP contribution in [-0.2, 0) is 6.18 Å². The fourth-order valence-corrected chi connectivity index (χ4v) is 5.96. The molecular weight excluding hydrogens is 607 g/mol. The predicted octanol–water partition coefficient (Wildman–Crippen LogP) is 5.45. The zero-order valence-electron chi connectivity index (χ0n) is 25.1. The maximum Gasteiger partial charge on any atom is 0.417 e. The van der Waals surface area contributed by atoms with Crippen molar-refractivity contribution >= 4 is 18.1 Å². The molecule has 2 saturated heterocycles. The number of hydrogen-bond donors (Lipinski definition) is 2. The van der Waals surface area contributed by atoms with Gasteiger partial charge in [0.1, 0.15) is 5.75 Å². The highest BCUT2D eigenvalue weighted by molar-refractivity contribution is 5.66. The first-order valence-electron chi connectivity index (χ1n) is 15.1. The molecule has 1 atom stereocenters. The van der Waals surface area contributed by atoms with Gasteiger partial charge in [-0.3, -0.25) is 9.80 Å². The molecule has 1 aliphatic carbocycles. The number of carbonyl (C=O) groups is 2. The number of ether oxygens (including phenoxy) is 1. The first-order chi connectivity index (χ1) is 22.1. The van der Waals surface area contributed by atoms with Crippen LogP contribution in [0.5, 0.6) is 11.6 Å². The predicted molar refractivity (Wildman–Crippen MR) is 161 cm³/mol. The Hall–Kier alpha value is -4.66. The number of nitrogens with zero attached hydrogens (tertiary/aromatic N) is 7. The third-order valence-corrected chi connectivity index (χ3v) is 8.43. The van der Waals surface area contributed by atoms with Gasteiger partial charge in [0.05, 0.1) is 11.6 Å². The van der Waals surface area contributed by atoms with E-state index >= 15 is 0 Å². The molecule has 46 heavy (non-hydrogen) atoms. The number of halogens is 3.